The summed E-state index contributed by atoms with van der Waals surface area (Å²) < 4.78 is 144. The number of hydrogen-bond donors (Lipinski definition) is 0. The Kier molecular flexibility index (Phi) is 5.25. The van der Waals surface area contributed by atoms with E-state index in [0.717, 1.165) is 38.4 Å². The summed E-state index contributed by atoms with van der Waals surface area (Å²) in [4.78, 5) is 1.61. The number of rotatable bonds is 7. The zero-order valence-corrected chi connectivity index (χ0v) is 30.6. The van der Waals surface area contributed by atoms with E-state index in [1.807, 2.05) is 121 Å². The molecule has 2 nitrogen and oxygen atoms in total. The van der Waals surface area contributed by atoms with E-state index in [2.05, 4.69) is 0 Å². The van der Waals surface area contributed by atoms with Crippen LogP contribution in [0.5, 0.6) is 0 Å². The Morgan fingerprint density at radius 3 is 1.86 bits per heavy atom. The molecule has 0 saturated heterocycles. The van der Waals surface area contributed by atoms with Crippen molar-refractivity contribution >= 4 is 60.5 Å². The molecule has 0 saturated carbocycles. The molecule has 1 aromatic heterocycles. The number of nitrogens with zero attached hydrogens (tertiary/aromatic N) is 1. The van der Waals surface area contributed by atoms with Crippen LogP contribution in [0.3, 0.4) is 0 Å². The van der Waals surface area contributed by atoms with E-state index in [0.29, 0.717) is 27.9 Å². The number of furan rings is 1. The standard InChI is InChI=1S/C56H37NO/c1-4-15-38(16-5-1)45-35-36-53(50-24-13-12-23-49(45)50)57(44-32-34-51-52-26-14-25-48(39-17-6-2-7-18-39)56(52)58-54(51)37-44)43-30-27-41(28-31-43)47-33-29-40-19-10-11-22-46(40)55(47)42-20-8-3-9-21-42/h1-37H/i3D,8D,9D,10D,11D,19D,20D,21D,22D,27D,28D,29D,30D,31D,33D. The maximum atomic E-state index is 9.95. The third-order valence-electron chi connectivity index (χ3n) is 10.4. The Morgan fingerprint density at radius 2 is 1.07 bits per heavy atom. The van der Waals surface area contributed by atoms with Gasteiger partial charge >= 0.3 is 0 Å². The molecule has 58 heavy (non-hydrogen) atoms. The minimum Gasteiger partial charge on any atom is -0.455 e. The molecule has 0 bridgehead atoms. The van der Waals surface area contributed by atoms with Gasteiger partial charge in [0.25, 0.3) is 0 Å². The van der Waals surface area contributed by atoms with Crippen LogP contribution in [0, 0.1) is 0 Å². The molecule has 0 unspecified atom stereocenters. The second kappa shape index (κ2) is 14.1. The molecular formula is C56H37NO. The maximum Gasteiger partial charge on any atom is 0.143 e. The fraction of sp³-hybridized carbons (Fsp3) is 0. The first kappa shape index (κ1) is 21.6. The van der Waals surface area contributed by atoms with Crippen molar-refractivity contribution in [3.63, 3.8) is 0 Å². The average Bonchev–Trinajstić information content (AvgIpc) is 3.79. The third-order valence-corrected chi connectivity index (χ3v) is 10.4. The summed E-state index contributed by atoms with van der Waals surface area (Å²) in [5, 5.41) is 2.12. The summed E-state index contributed by atoms with van der Waals surface area (Å²) in [5.41, 5.74) is 2.97. The molecule has 0 fully saturated rings. The topological polar surface area (TPSA) is 16.4 Å². The largest absolute Gasteiger partial charge is 0.455 e. The van der Waals surface area contributed by atoms with Crippen molar-refractivity contribution in [2.75, 3.05) is 4.90 Å². The van der Waals surface area contributed by atoms with Gasteiger partial charge in [-0.25, -0.2) is 0 Å². The van der Waals surface area contributed by atoms with E-state index in [1.165, 1.54) is 0 Å². The van der Waals surface area contributed by atoms with Crippen LogP contribution in [0.2, 0.25) is 0 Å². The number of fused-ring (bicyclic) bond motifs is 5. The van der Waals surface area contributed by atoms with Gasteiger partial charge in [0.2, 0.25) is 0 Å². The fourth-order valence-corrected chi connectivity index (χ4v) is 7.77. The van der Waals surface area contributed by atoms with Gasteiger partial charge in [0.1, 0.15) is 11.2 Å². The van der Waals surface area contributed by atoms with Gasteiger partial charge in [-0.1, -0.05) is 188 Å². The molecule has 0 aliphatic carbocycles. The predicted octanol–water partition coefficient (Wildman–Crippen LogP) is 16.0. The van der Waals surface area contributed by atoms with Gasteiger partial charge in [0.05, 0.1) is 26.2 Å². The lowest BCUT2D eigenvalue weighted by atomic mass is 9.89. The Bertz CT molecular complexity index is 4100. The molecule has 0 aliphatic heterocycles. The summed E-state index contributed by atoms with van der Waals surface area (Å²) in [6.07, 6.45) is 0. The maximum absolute atomic E-state index is 9.95. The van der Waals surface area contributed by atoms with Gasteiger partial charge in [-0.2, -0.15) is 0 Å². The van der Waals surface area contributed by atoms with Crippen LogP contribution in [-0.2, 0) is 0 Å². The molecule has 11 aromatic rings. The van der Waals surface area contributed by atoms with Gasteiger partial charge < -0.3 is 9.32 Å². The highest BCUT2D eigenvalue weighted by molar-refractivity contribution is 6.12. The van der Waals surface area contributed by atoms with Gasteiger partial charge in [-0.05, 0) is 85.4 Å². The third kappa shape index (κ3) is 5.74. The average molecular weight is 755 g/mol. The summed E-state index contributed by atoms with van der Waals surface area (Å²) in [6.45, 7) is 0. The molecule has 0 amide bonds. The minimum atomic E-state index is -0.822. The molecular weight excluding hydrogens is 703 g/mol. The van der Waals surface area contributed by atoms with Gasteiger partial charge in [0, 0.05) is 39.2 Å². The molecule has 10 aromatic carbocycles. The van der Waals surface area contributed by atoms with Gasteiger partial charge in [0.15, 0.2) is 0 Å². The van der Waals surface area contributed by atoms with Crippen LogP contribution < -0.4 is 4.90 Å². The SMILES string of the molecule is [2H]c1c([2H])c([2H])c(-c2c(-c3c([2H])c([2H])c(N(c4ccc5c(c4)oc4c(-c6ccccc6)cccc45)c4ccc(-c5ccccc5)c5ccccc45)c([2H])c3[2H])c([2H])c([2H])c3c([2H])c([2H])c([2H])c([2H])c23)c([2H])c1[2H]. The highest BCUT2D eigenvalue weighted by Gasteiger charge is 2.21. The van der Waals surface area contributed by atoms with Crippen molar-refractivity contribution in [1.82, 2.24) is 0 Å². The Hall–Kier alpha value is -7.68. The molecule has 272 valence electrons. The molecule has 2 heteroatoms. The molecule has 0 atom stereocenters. The Labute approximate surface area is 358 Å². The smallest absolute Gasteiger partial charge is 0.143 e. The fourth-order valence-electron chi connectivity index (χ4n) is 7.77. The zero-order chi connectivity index (χ0) is 51.5. The van der Waals surface area contributed by atoms with Crippen LogP contribution in [0.4, 0.5) is 17.1 Å². The van der Waals surface area contributed by atoms with E-state index >= 15 is 0 Å². The normalized spacial score (nSPS) is 15.1. The zero-order valence-electron chi connectivity index (χ0n) is 45.6. The van der Waals surface area contributed by atoms with Gasteiger partial charge in [-0.3, -0.25) is 0 Å². The summed E-state index contributed by atoms with van der Waals surface area (Å²) in [7, 11) is 0. The lowest BCUT2D eigenvalue weighted by Gasteiger charge is -2.28. The number of benzene rings is 10. The highest BCUT2D eigenvalue weighted by atomic mass is 16.3. The lowest BCUT2D eigenvalue weighted by Crippen LogP contribution is -2.10. The van der Waals surface area contributed by atoms with E-state index in [1.54, 1.807) is 17.0 Å². The number of hydrogen-bond acceptors (Lipinski definition) is 2. The van der Waals surface area contributed by atoms with E-state index in [-0.39, 0.29) is 5.69 Å². The second-order valence-electron chi connectivity index (χ2n) is 13.7. The summed E-state index contributed by atoms with van der Waals surface area (Å²) in [6, 6.07) is 30.8. The van der Waals surface area contributed by atoms with Crippen molar-refractivity contribution in [1.29, 1.82) is 0 Å². The lowest BCUT2D eigenvalue weighted by molar-refractivity contribution is 0.670. The van der Waals surface area contributed by atoms with E-state index in [9.17, 15) is 8.22 Å². The Morgan fingerprint density at radius 1 is 0.379 bits per heavy atom. The van der Waals surface area contributed by atoms with Crippen molar-refractivity contribution in [3.05, 3.63) is 224 Å². The van der Waals surface area contributed by atoms with Crippen LogP contribution in [0.15, 0.2) is 229 Å². The van der Waals surface area contributed by atoms with Crippen LogP contribution in [0.1, 0.15) is 20.6 Å². The van der Waals surface area contributed by atoms with Gasteiger partial charge in [-0.15, -0.1) is 0 Å². The summed E-state index contributed by atoms with van der Waals surface area (Å²) >= 11 is 0. The monoisotopic (exact) mass is 754 g/mol. The quantitative estimate of drug-likeness (QED) is 0.161. The van der Waals surface area contributed by atoms with Crippen molar-refractivity contribution in [2.24, 2.45) is 0 Å². The van der Waals surface area contributed by atoms with Crippen molar-refractivity contribution in [3.8, 4) is 44.5 Å². The molecule has 0 radical (unpaired) electrons. The molecule has 11 rings (SSSR count). The number of para-hydroxylation sites is 1. The first-order chi connectivity index (χ1) is 35.0. The Balaban J connectivity index is 1.24. The highest BCUT2D eigenvalue weighted by Crippen LogP contribution is 2.45. The summed E-state index contributed by atoms with van der Waals surface area (Å²) in [5.74, 6) is 0. The predicted molar refractivity (Wildman–Crippen MR) is 245 cm³/mol. The molecule has 1 heterocycles. The minimum absolute atomic E-state index is 0.235. The van der Waals surface area contributed by atoms with Crippen molar-refractivity contribution in [2.45, 2.75) is 0 Å². The molecule has 0 spiro atoms. The van der Waals surface area contributed by atoms with E-state index < -0.39 is 124 Å². The molecule has 0 N–H and O–H groups in total. The number of anilines is 3. The van der Waals surface area contributed by atoms with Crippen LogP contribution >= 0.6 is 0 Å². The van der Waals surface area contributed by atoms with Crippen LogP contribution in [0.25, 0.3) is 88.0 Å². The van der Waals surface area contributed by atoms with Crippen LogP contribution in [-0.4, -0.2) is 0 Å². The molecule has 0 aliphatic rings. The second-order valence-corrected chi connectivity index (χ2v) is 13.7. The first-order valence-corrected chi connectivity index (χ1v) is 18.6. The first-order valence-electron chi connectivity index (χ1n) is 26.1. The van der Waals surface area contributed by atoms with Crippen molar-refractivity contribution < 1.29 is 25.0 Å². The van der Waals surface area contributed by atoms with E-state index in [4.69, 9.17) is 16.8 Å².